The van der Waals surface area contributed by atoms with Crippen LogP contribution < -0.4 is 5.73 Å². The summed E-state index contributed by atoms with van der Waals surface area (Å²) in [4.78, 5) is 7.87. The van der Waals surface area contributed by atoms with Gasteiger partial charge in [-0.3, -0.25) is 0 Å². The lowest BCUT2D eigenvalue weighted by Gasteiger charge is -2.01. The van der Waals surface area contributed by atoms with Gasteiger partial charge in [0.05, 0.1) is 5.69 Å². The van der Waals surface area contributed by atoms with E-state index in [1.54, 1.807) is 0 Å². The molecule has 3 N–H and O–H groups in total. The second kappa shape index (κ2) is 4.00. The molecule has 3 heteroatoms. The fraction of sp³-hybridized carbons (Fsp3) is 0.308. The molecule has 0 aliphatic rings. The molecule has 0 fully saturated rings. The molecular formula is C13H17N3. The number of rotatable bonds is 2. The van der Waals surface area contributed by atoms with E-state index in [0.29, 0.717) is 0 Å². The summed E-state index contributed by atoms with van der Waals surface area (Å²) in [5.41, 5.74) is 11.1. The Balaban J connectivity index is 2.49. The van der Waals surface area contributed by atoms with Crippen LogP contribution in [0.3, 0.4) is 0 Å². The third-order valence-electron chi connectivity index (χ3n) is 2.69. The Morgan fingerprint density at radius 1 is 1.25 bits per heavy atom. The predicted molar refractivity (Wildman–Crippen MR) is 67.3 cm³/mol. The number of anilines is 1. The number of aryl methyl sites for hydroxylation is 3. The monoisotopic (exact) mass is 215 g/mol. The summed E-state index contributed by atoms with van der Waals surface area (Å²) in [7, 11) is 0. The largest absolute Gasteiger partial charge is 0.399 e. The van der Waals surface area contributed by atoms with E-state index in [9.17, 15) is 0 Å². The van der Waals surface area contributed by atoms with Crippen molar-refractivity contribution in [2.45, 2.75) is 27.2 Å². The number of nitrogens with one attached hydrogen (secondary N) is 1. The Labute approximate surface area is 95.7 Å². The fourth-order valence-corrected chi connectivity index (χ4v) is 1.93. The van der Waals surface area contributed by atoms with Crippen LogP contribution in [0.2, 0.25) is 0 Å². The Hall–Kier alpha value is -1.77. The van der Waals surface area contributed by atoms with Gasteiger partial charge in [-0.05, 0) is 44.0 Å². The van der Waals surface area contributed by atoms with Gasteiger partial charge in [-0.25, -0.2) is 4.98 Å². The topological polar surface area (TPSA) is 54.7 Å². The van der Waals surface area contributed by atoms with Crippen LogP contribution in [0.4, 0.5) is 5.69 Å². The van der Waals surface area contributed by atoms with Gasteiger partial charge in [0.2, 0.25) is 0 Å². The lowest BCUT2D eigenvalue weighted by molar-refractivity contribution is 1.04. The number of aromatic amines is 1. The summed E-state index contributed by atoms with van der Waals surface area (Å²) in [5, 5.41) is 0. The van der Waals surface area contributed by atoms with E-state index in [2.05, 4.69) is 29.9 Å². The van der Waals surface area contributed by atoms with E-state index >= 15 is 0 Å². The summed E-state index contributed by atoms with van der Waals surface area (Å²) in [6.07, 6.45) is 0.948. The van der Waals surface area contributed by atoms with Gasteiger partial charge in [0, 0.05) is 16.9 Å². The van der Waals surface area contributed by atoms with Gasteiger partial charge < -0.3 is 10.7 Å². The maximum atomic E-state index is 5.83. The second-order valence-corrected chi connectivity index (χ2v) is 4.14. The third kappa shape index (κ3) is 1.94. The molecule has 1 heterocycles. The Morgan fingerprint density at radius 2 is 2.00 bits per heavy atom. The SMILES string of the molecule is CCc1nc(-c2cc(C)cc(N)c2)[nH]c1C. The van der Waals surface area contributed by atoms with E-state index in [0.717, 1.165) is 40.4 Å². The smallest absolute Gasteiger partial charge is 0.137 e. The minimum Gasteiger partial charge on any atom is -0.399 e. The molecule has 0 aliphatic heterocycles. The van der Waals surface area contributed by atoms with E-state index < -0.39 is 0 Å². The van der Waals surface area contributed by atoms with Crippen molar-refractivity contribution in [1.29, 1.82) is 0 Å². The molecule has 2 aromatic rings. The molecule has 0 spiro atoms. The molecule has 16 heavy (non-hydrogen) atoms. The molecule has 1 aromatic carbocycles. The number of nitrogens with two attached hydrogens (primary N) is 1. The minimum absolute atomic E-state index is 0.780. The quantitative estimate of drug-likeness (QED) is 0.757. The normalized spacial score (nSPS) is 10.7. The van der Waals surface area contributed by atoms with Crippen LogP contribution in [0.5, 0.6) is 0 Å². The zero-order valence-corrected chi connectivity index (χ0v) is 9.96. The number of hydrogen-bond acceptors (Lipinski definition) is 2. The number of nitrogen functional groups attached to an aromatic ring is 1. The fourth-order valence-electron chi connectivity index (χ4n) is 1.93. The first kappa shape index (κ1) is 10.7. The molecule has 0 radical (unpaired) electrons. The molecule has 0 aliphatic carbocycles. The van der Waals surface area contributed by atoms with Crippen molar-refractivity contribution in [1.82, 2.24) is 9.97 Å². The number of imidazole rings is 1. The van der Waals surface area contributed by atoms with E-state index in [-0.39, 0.29) is 0 Å². The summed E-state index contributed by atoms with van der Waals surface area (Å²) in [6, 6.07) is 6.00. The molecular weight excluding hydrogens is 198 g/mol. The van der Waals surface area contributed by atoms with Crippen LogP contribution in [0.25, 0.3) is 11.4 Å². The van der Waals surface area contributed by atoms with Gasteiger partial charge in [-0.1, -0.05) is 6.92 Å². The Bertz CT molecular complexity index is 492. The summed E-state index contributed by atoms with van der Waals surface area (Å²) >= 11 is 0. The van der Waals surface area contributed by atoms with Crippen molar-refractivity contribution >= 4 is 5.69 Å². The van der Waals surface area contributed by atoms with Crippen molar-refractivity contribution in [2.75, 3.05) is 5.73 Å². The van der Waals surface area contributed by atoms with Gasteiger partial charge in [0.15, 0.2) is 0 Å². The number of hydrogen-bond donors (Lipinski definition) is 2. The molecule has 2 rings (SSSR count). The predicted octanol–water partition coefficient (Wildman–Crippen LogP) is 2.84. The summed E-state index contributed by atoms with van der Waals surface area (Å²) in [5.74, 6) is 0.907. The molecule has 0 bridgehead atoms. The van der Waals surface area contributed by atoms with Gasteiger partial charge in [-0.15, -0.1) is 0 Å². The highest BCUT2D eigenvalue weighted by atomic mass is 14.9. The third-order valence-corrected chi connectivity index (χ3v) is 2.69. The second-order valence-electron chi connectivity index (χ2n) is 4.14. The lowest BCUT2D eigenvalue weighted by Crippen LogP contribution is -1.89. The van der Waals surface area contributed by atoms with Gasteiger partial charge >= 0.3 is 0 Å². The number of benzene rings is 1. The molecule has 0 saturated heterocycles. The first-order valence-corrected chi connectivity index (χ1v) is 5.53. The van der Waals surface area contributed by atoms with Crippen LogP contribution >= 0.6 is 0 Å². The van der Waals surface area contributed by atoms with Crippen molar-refractivity contribution in [3.05, 3.63) is 35.2 Å². The van der Waals surface area contributed by atoms with E-state index in [4.69, 9.17) is 5.73 Å². The average molecular weight is 215 g/mol. The van der Waals surface area contributed by atoms with Gasteiger partial charge in [-0.2, -0.15) is 0 Å². The van der Waals surface area contributed by atoms with Crippen molar-refractivity contribution in [3.8, 4) is 11.4 Å². The van der Waals surface area contributed by atoms with Crippen LogP contribution in [0.15, 0.2) is 18.2 Å². The maximum absolute atomic E-state index is 5.83. The highest BCUT2D eigenvalue weighted by molar-refractivity contribution is 5.63. The molecule has 0 unspecified atom stereocenters. The average Bonchev–Trinajstić information content (AvgIpc) is 2.58. The van der Waals surface area contributed by atoms with Crippen LogP contribution in [0.1, 0.15) is 23.9 Å². The maximum Gasteiger partial charge on any atom is 0.137 e. The van der Waals surface area contributed by atoms with E-state index in [1.165, 1.54) is 0 Å². The first-order valence-electron chi connectivity index (χ1n) is 5.53. The number of H-pyrrole nitrogens is 1. The molecule has 0 saturated carbocycles. The zero-order valence-electron chi connectivity index (χ0n) is 9.96. The molecule has 0 amide bonds. The van der Waals surface area contributed by atoms with E-state index in [1.807, 2.05) is 19.1 Å². The number of aromatic nitrogens is 2. The molecule has 84 valence electrons. The van der Waals surface area contributed by atoms with Crippen molar-refractivity contribution in [3.63, 3.8) is 0 Å². The lowest BCUT2D eigenvalue weighted by atomic mass is 10.1. The van der Waals surface area contributed by atoms with Crippen LogP contribution in [-0.4, -0.2) is 9.97 Å². The zero-order chi connectivity index (χ0) is 11.7. The Kier molecular flexibility index (Phi) is 2.69. The molecule has 3 nitrogen and oxygen atoms in total. The van der Waals surface area contributed by atoms with Crippen LogP contribution in [0, 0.1) is 13.8 Å². The van der Waals surface area contributed by atoms with Gasteiger partial charge in [0.1, 0.15) is 5.82 Å². The standard InChI is InChI=1S/C13H17N3/c1-4-12-9(3)15-13(16-12)10-5-8(2)6-11(14)7-10/h5-7H,4,14H2,1-3H3,(H,15,16). The summed E-state index contributed by atoms with van der Waals surface area (Å²) in [6.45, 7) is 6.20. The highest BCUT2D eigenvalue weighted by Gasteiger charge is 2.07. The van der Waals surface area contributed by atoms with Crippen molar-refractivity contribution in [2.24, 2.45) is 0 Å². The van der Waals surface area contributed by atoms with Gasteiger partial charge in [0.25, 0.3) is 0 Å². The highest BCUT2D eigenvalue weighted by Crippen LogP contribution is 2.22. The molecule has 0 atom stereocenters. The minimum atomic E-state index is 0.780. The van der Waals surface area contributed by atoms with Crippen molar-refractivity contribution < 1.29 is 0 Å². The molecule has 1 aromatic heterocycles. The van der Waals surface area contributed by atoms with Crippen LogP contribution in [-0.2, 0) is 6.42 Å². The summed E-state index contributed by atoms with van der Waals surface area (Å²) < 4.78 is 0. The Morgan fingerprint density at radius 3 is 2.56 bits per heavy atom. The first-order chi connectivity index (χ1) is 7.60. The number of nitrogens with zero attached hydrogens (tertiary/aromatic N) is 1.